The Morgan fingerprint density at radius 3 is 2.50 bits per heavy atom. The molecule has 0 unspecified atom stereocenters. The maximum atomic E-state index is 9.17. The minimum Gasteiger partial charge on any atom is -0.497 e. The number of rotatable bonds is 4. The predicted octanol–water partition coefficient (Wildman–Crippen LogP) is 4.08. The SMILES string of the molecule is COc1ccc(C#N)c(Nc2cc(Br)ccc2OC)c1. The van der Waals surface area contributed by atoms with Crippen molar-refractivity contribution in [1.82, 2.24) is 0 Å². The van der Waals surface area contributed by atoms with Crippen LogP contribution in [0.3, 0.4) is 0 Å². The summed E-state index contributed by atoms with van der Waals surface area (Å²) < 4.78 is 11.4. The molecule has 0 heterocycles. The van der Waals surface area contributed by atoms with E-state index in [1.54, 1.807) is 32.4 Å². The van der Waals surface area contributed by atoms with Crippen LogP contribution in [0.1, 0.15) is 5.56 Å². The van der Waals surface area contributed by atoms with Crippen LogP contribution < -0.4 is 14.8 Å². The highest BCUT2D eigenvalue weighted by molar-refractivity contribution is 9.10. The van der Waals surface area contributed by atoms with E-state index in [9.17, 15) is 0 Å². The summed E-state index contributed by atoms with van der Waals surface area (Å²) in [6.45, 7) is 0. The Kier molecular flexibility index (Phi) is 4.49. The first kappa shape index (κ1) is 14.2. The van der Waals surface area contributed by atoms with Crippen LogP contribution in [0.5, 0.6) is 11.5 Å². The van der Waals surface area contributed by atoms with E-state index < -0.39 is 0 Å². The molecular formula is C15H13BrN2O2. The number of nitriles is 1. The molecule has 0 spiro atoms. The maximum Gasteiger partial charge on any atom is 0.142 e. The molecule has 1 N–H and O–H groups in total. The van der Waals surface area contributed by atoms with Crippen LogP contribution in [0, 0.1) is 11.3 Å². The van der Waals surface area contributed by atoms with Crippen molar-refractivity contribution in [2.45, 2.75) is 0 Å². The van der Waals surface area contributed by atoms with Gasteiger partial charge < -0.3 is 14.8 Å². The summed E-state index contributed by atoms with van der Waals surface area (Å²) in [7, 11) is 3.19. The summed E-state index contributed by atoms with van der Waals surface area (Å²) in [4.78, 5) is 0. The van der Waals surface area contributed by atoms with Gasteiger partial charge in [-0.1, -0.05) is 15.9 Å². The van der Waals surface area contributed by atoms with Gasteiger partial charge in [-0.05, 0) is 30.3 Å². The van der Waals surface area contributed by atoms with Crippen molar-refractivity contribution < 1.29 is 9.47 Å². The molecule has 0 saturated carbocycles. The summed E-state index contributed by atoms with van der Waals surface area (Å²) in [5, 5.41) is 12.4. The molecule has 0 fully saturated rings. The van der Waals surface area contributed by atoms with E-state index in [0.717, 1.165) is 10.2 Å². The van der Waals surface area contributed by atoms with Crippen molar-refractivity contribution in [3.63, 3.8) is 0 Å². The van der Waals surface area contributed by atoms with Gasteiger partial charge in [-0.25, -0.2) is 0 Å². The number of benzene rings is 2. The number of hydrogen-bond acceptors (Lipinski definition) is 4. The second kappa shape index (κ2) is 6.31. The molecule has 0 amide bonds. The Hall–Kier alpha value is -2.19. The molecule has 4 nitrogen and oxygen atoms in total. The predicted molar refractivity (Wildman–Crippen MR) is 81.7 cm³/mol. The van der Waals surface area contributed by atoms with Crippen molar-refractivity contribution >= 4 is 27.3 Å². The number of hydrogen-bond donors (Lipinski definition) is 1. The topological polar surface area (TPSA) is 54.3 Å². The highest BCUT2D eigenvalue weighted by Gasteiger charge is 2.08. The number of ether oxygens (including phenoxy) is 2. The van der Waals surface area contributed by atoms with Gasteiger partial charge in [-0.3, -0.25) is 0 Å². The van der Waals surface area contributed by atoms with Gasteiger partial charge in [0.15, 0.2) is 0 Å². The second-order valence-corrected chi connectivity index (χ2v) is 4.91. The first-order chi connectivity index (χ1) is 9.67. The van der Waals surface area contributed by atoms with Gasteiger partial charge in [0.1, 0.15) is 17.6 Å². The fraction of sp³-hybridized carbons (Fsp3) is 0.133. The third-order valence-corrected chi connectivity index (χ3v) is 3.27. The average Bonchev–Trinajstić information content (AvgIpc) is 2.47. The van der Waals surface area contributed by atoms with Gasteiger partial charge in [-0.15, -0.1) is 0 Å². The van der Waals surface area contributed by atoms with Crippen LogP contribution in [0.15, 0.2) is 40.9 Å². The first-order valence-corrected chi connectivity index (χ1v) is 6.66. The van der Waals surface area contributed by atoms with Crippen LogP contribution in [-0.2, 0) is 0 Å². The summed E-state index contributed by atoms with van der Waals surface area (Å²) in [6, 6.07) is 13.0. The van der Waals surface area contributed by atoms with Crippen LogP contribution in [-0.4, -0.2) is 14.2 Å². The Bertz CT molecular complexity index is 665. The molecule has 0 saturated heterocycles. The third kappa shape index (κ3) is 3.03. The van der Waals surface area contributed by atoms with E-state index in [0.29, 0.717) is 22.7 Å². The maximum absolute atomic E-state index is 9.17. The minimum atomic E-state index is 0.535. The Labute approximate surface area is 126 Å². The molecule has 0 aromatic heterocycles. The highest BCUT2D eigenvalue weighted by Crippen LogP contribution is 2.33. The molecule has 0 atom stereocenters. The Morgan fingerprint density at radius 1 is 1.05 bits per heavy atom. The van der Waals surface area contributed by atoms with Gasteiger partial charge in [0.25, 0.3) is 0 Å². The van der Waals surface area contributed by atoms with Crippen molar-refractivity contribution in [3.05, 3.63) is 46.4 Å². The van der Waals surface area contributed by atoms with Gasteiger partial charge >= 0.3 is 0 Å². The normalized spacial score (nSPS) is 9.70. The minimum absolute atomic E-state index is 0.535. The monoisotopic (exact) mass is 332 g/mol. The van der Waals surface area contributed by atoms with E-state index in [2.05, 4.69) is 27.3 Å². The number of methoxy groups -OCH3 is 2. The number of nitrogens with zero attached hydrogens (tertiary/aromatic N) is 1. The summed E-state index contributed by atoms with van der Waals surface area (Å²) in [6.07, 6.45) is 0. The van der Waals surface area contributed by atoms with Crippen LogP contribution >= 0.6 is 15.9 Å². The van der Waals surface area contributed by atoms with E-state index in [-0.39, 0.29) is 0 Å². The molecule has 2 aromatic carbocycles. The number of halogens is 1. The quantitative estimate of drug-likeness (QED) is 0.916. The third-order valence-electron chi connectivity index (χ3n) is 2.78. The zero-order valence-corrected chi connectivity index (χ0v) is 12.7. The van der Waals surface area contributed by atoms with E-state index >= 15 is 0 Å². The zero-order chi connectivity index (χ0) is 14.5. The lowest BCUT2D eigenvalue weighted by Gasteiger charge is -2.13. The van der Waals surface area contributed by atoms with Crippen LogP contribution in [0.2, 0.25) is 0 Å². The zero-order valence-electron chi connectivity index (χ0n) is 11.1. The lowest BCUT2D eigenvalue weighted by Crippen LogP contribution is -1.97. The average molecular weight is 333 g/mol. The molecule has 5 heteroatoms. The molecule has 20 heavy (non-hydrogen) atoms. The van der Waals surface area contributed by atoms with E-state index in [1.807, 2.05) is 18.2 Å². The summed E-state index contributed by atoms with van der Waals surface area (Å²) in [5.74, 6) is 1.38. The molecule has 0 aliphatic rings. The number of anilines is 2. The molecule has 0 aliphatic heterocycles. The van der Waals surface area contributed by atoms with Gasteiger partial charge in [0.2, 0.25) is 0 Å². The van der Waals surface area contributed by atoms with E-state index in [1.165, 1.54) is 0 Å². The van der Waals surface area contributed by atoms with Crippen molar-refractivity contribution in [2.24, 2.45) is 0 Å². The highest BCUT2D eigenvalue weighted by atomic mass is 79.9. The van der Waals surface area contributed by atoms with Crippen LogP contribution in [0.4, 0.5) is 11.4 Å². The molecule has 102 valence electrons. The lowest BCUT2D eigenvalue weighted by molar-refractivity contribution is 0.414. The standard InChI is InChI=1S/C15H13BrN2O2/c1-19-12-5-3-10(9-17)13(8-12)18-14-7-11(16)4-6-15(14)20-2/h3-8,18H,1-2H3. The van der Waals surface area contributed by atoms with Gasteiger partial charge in [0, 0.05) is 10.5 Å². The lowest BCUT2D eigenvalue weighted by atomic mass is 10.1. The molecule has 2 rings (SSSR count). The van der Waals surface area contributed by atoms with Crippen molar-refractivity contribution in [1.29, 1.82) is 5.26 Å². The Balaban J connectivity index is 2.44. The molecular weight excluding hydrogens is 320 g/mol. The van der Waals surface area contributed by atoms with Crippen molar-refractivity contribution in [3.8, 4) is 17.6 Å². The fourth-order valence-corrected chi connectivity index (χ4v) is 2.14. The molecule has 0 aliphatic carbocycles. The fourth-order valence-electron chi connectivity index (χ4n) is 1.77. The van der Waals surface area contributed by atoms with Gasteiger partial charge in [-0.2, -0.15) is 5.26 Å². The molecule has 0 bridgehead atoms. The van der Waals surface area contributed by atoms with E-state index in [4.69, 9.17) is 14.7 Å². The molecule has 0 radical (unpaired) electrons. The molecule has 2 aromatic rings. The van der Waals surface area contributed by atoms with Crippen molar-refractivity contribution in [2.75, 3.05) is 19.5 Å². The first-order valence-electron chi connectivity index (χ1n) is 5.86. The Morgan fingerprint density at radius 2 is 1.85 bits per heavy atom. The summed E-state index contributed by atoms with van der Waals surface area (Å²) in [5.41, 5.74) is 1.97. The van der Waals surface area contributed by atoms with Gasteiger partial charge in [0.05, 0.1) is 31.2 Å². The van der Waals surface area contributed by atoms with Crippen LogP contribution in [0.25, 0.3) is 0 Å². The second-order valence-electron chi connectivity index (χ2n) is 3.99. The summed E-state index contributed by atoms with van der Waals surface area (Å²) >= 11 is 3.42. The largest absolute Gasteiger partial charge is 0.497 e. The smallest absolute Gasteiger partial charge is 0.142 e. The number of nitrogens with one attached hydrogen (secondary N) is 1.